The first kappa shape index (κ1) is 36.2. The fourth-order valence-corrected chi connectivity index (χ4v) is 9.52. The molecule has 5 aliphatic rings. The summed E-state index contributed by atoms with van der Waals surface area (Å²) >= 11 is 1.46. The third-order valence-corrected chi connectivity index (χ3v) is 11.5. The fraction of sp³-hybridized carbons (Fsp3) is 0.429. The molecule has 0 spiro atoms. The zero-order valence-electron chi connectivity index (χ0n) is 27.7. The minimum atomic E-state index is 0. The summed E-state index contributed by atoms with van der Waals surface area (Å²) in [5, 5.41) is 0. The van der Waals surface area contributed by atoms with Crippen LogP contribution in [0.4, 0.5) is 0 Å². The first-order chi connectivity index (χ1) is 20.6. The van der Waals surface area contributed by atoms with Crippen LogP contribution < -0.4 is 24.8 Å². The van der Waals surface area contributed by atoms with Crippen LogP contribution in [-0.4, -0.2) is 3.71 Å². The Morgan fingerprint density at radius 1 is 0.844 bits per heavy atom. The van der Waals surface area contributed by atoms with E-state index in [0.717, 1.165) is 24.2 Å². The van der Waals surface area contributed by atoms with Gasteiger partial charge in [0, 0.05) is 0 Å². The van der Waals surface area contributed by atoms with Gasteiger partial charge >= 0.3 is 89.5 Å². The third-order valence-electron chi connectivity index (χ3n) is 10.6. The summed E-state index contributed by atoms with van der Waals surface area (Å²) in [4.78, 5) is 0. The second-order valence-electron chi connectivity index (χ2n) is 15.2. The van der Waals surface area contributed by atoms with E-state index in [2.05, 4.69) is 117 Å². The topological polar surface area (TPSA) is 0 Å². The predicted octanol–water partition coefficient (Wildman–Crippen LogP) is 4.53. The Balaban J connectivity index is 0.000000155. The minimum Gasteiger partial charge on any atom is -1.00 e. The number of fused-ring (bicyclic) bond motifs is 3. The molecule has 0 amide bonds. The van der Waals surface area contributed by atoms with Crippen LogP contribution in [0.25, 0.3) is 11.1 Å². The number of hydrogen-bond donors (Lipinski definition) is 0. The molecule has 0 nitrogen and oxygen atoms in total. The van der Waals surface area contributed by atoms with Crippen molar-refractivity contribution in [3.8, 4) is 11.1 Å². The summed E-state index contributed by atoms with van der Waals surface area (Å²) in [5.41, 5.74) is 13.9. The van der Waals surface area contributed by atoms with Crippen LogP contribution in [0.15, 0.2) is 78.9 Å². The van der Waals surface area contributed by atoms with Crippen LogP contribution in [0.1, 0.15) is 98.2 Å². The van der Waals surface area contributed by atoms with Crippen LogP contribution in [0.5, 0.6) is 0 Å². The second-order valence-corrected chi connectivity index (χ2v) is 16.0. The molecule has 4 aromatic rings. The van der Waals surface area contributed by atoms with Gasteiger partial charge in [-0.3, -0.25) is 0 Å². The van der Waals surface area contributed by atoms with Crippen LogP contribution in [0.3, 0.4) is 0 Å². The van der Waals surface area contributed by atoms with Gasteiger partial charge in [-0.05, 0) is 68.1 Å². The van der Waals surface area contributed by atoms with E-state index in [4.69, 9.17) is 0 Å². The van der Waals surface area contributed by atoms with E-state index in [1.54, 1.807) is 49.7 Å². The molecule has 4 bridgehead atoms. The van der Waals surface area contributed by atoms with E-state index >= 15 is 0 Å². The van der Waals surface area contributed by atoms with Gasteiger partial charge in [-0.1, -0.05) is 55.7 Å². The van der Waals surface area contributed by atoms with Crippen molar-refractivity contribution in [3.05, 3.63) is 124 Å². The molecule has 0 radical (unpaired) electrons. The summed E-state index contributed by atoms with van der Waals surface area (Å²) < 4.78 is 2.21. The standard InChI is InChI=1S/C18H25.C13H9.C11H14.2ClH.Zr/c1-12-3-13(2)17(4-12)11-18-8-14-5-15(9-18)7-16(6-14)10-18;1-3-7-12-10(5-1)9-11-6-2-4-8-13(11)12;1-9-5-7-10(8-6-9)11(2,3)4;;;/h3-4,14-16H,5-11H2,1-2H3;1-5,7-8H,9H2;1,5-8H,2-4H3;2*1H;/q2*-1;;;;+2/p-2. The maximum atomic E-state index is 3.30. The largest absolute Gasteiger partial charge is 1.00 e. The van der Waals surface area contributed by atoms with E-state index in [0.29, 0.717) is 5.41 Å². The van der Waals surface area contributed by atoms with E-state index in [1.807, 2.05) is 6.07 Å². The summed E-state index contributed by atoms with van der Waals surface area (Å²) in [6, 6.07) is 31.7. The molecule has 0 aliphatic heterocycles. The van der Waals surface area contributed by atoms with Gasteiger partial charge in [0.25, 0.3) is 0 Å². The summed E-state index contributed by atoms with van der Waals surface area (Å²) in [6.07, 6.45) is 11.8. The van der Waals surface area contributed by atoms with E-state index in [9.17, 15) is 0 Å². The van der Waals surface area contributed by atoms with Gasteiger partial charge in [-0.2, -0.15) is 52.6 Å². The Labute approximate surface area is 300 Å². The van der Waals surface area contributed by atoms with E-state index in [1.165, 1.54) is 69.6 Å². The summed E-state index contributed by atoms with van der Waals surface area (Å²) in [7, 11) is 0. The first-order valence-corrected chi connectivity index (χ1v) is 17.9. The summed E-state index contributed by atoms with van der Waals surface area (Å²) in [5.74, 6) is 3.27. The molecule has 4 aromatic carbocycles. The Kier molecular flexibility index (Phi) is 12.1. The van der Waals surface area contributed by atoms with Crippen LogP contribution >= 0.6 is 0 Å². The van der Waals surface area contributed by atoms with Crippen molar-refractivity contribution in [2.75, 3.05) is 0 Å². The van der Waals surface area contributed by atoms with Gasteiger partial charge in [0.2, 0.25) is 0 Å². The quantitative estimate of drug-likeness (QED) is 0.241. The van der Waals surface area contributed by atoms with Crippen molar-refractivity contribution in [2.24, 2.45) is 23.2 Å². The molecule has 0 unspecified atom stereocenters. The molecule has 236 valence electrons. The molecular weight excluding hydrogens is 667 g/mol. The predicted molar refractivity (Wildman–Crippen MR) is 180 cm³/mol. The molecule has 0 saturated heterocycles. The van der Waals surface area contributed by atoms with Crippen LogP contribution in [0.2, 0.25) is 0 Å². The molecule has 9 rings (SSSR count). The number of rotatable bonds is 3. The average Bonchev–Trinajstić information content (AvgIpc) is 3.50. The molecule has 0 atom stereocenters. The maximum absolute atomic E-state index is 3.30. The molecule has 0 heterocycles. The molecule has 4 saturated carbocycles. The second kappa shape index (κ2) is 15.1. The van der Waals surface area contributed by atoms with Gasteiger partial charge in [0.15, 0.2) is 0 Å². The number of hydrogen-bond acceptors (Lipinski definition) is 0. The first-order valence-electron chi connectivity index (χ1n) is 16.5. The molecule has 5 aliphatic carbocycles. The normalized spacial score (nSPS) is 23.2. The van der Waals surface area contributed by atoms with Gasteiger partial charge < -0.3 is 24.8 Å². The van der Waals surface area contributed by atoms with Gasteiger partial charge in [-0.25, -0.2) is 6.07 Å². The number of benzene rings is 3. The van der Waals surface area contributed by atoms with Gasteiger partial charge in [0.1, 0.15) is 0 Å². The van der Waals surface area contributed by atoms with Crippen molar-refractivity contribution >= 4 is 3.71 Å². The summed E-state index contributed by atoms with van der Waals surface area (Å²) in [6.45, 7) is 11.3. The van der Waals surface area contributed by atoms with Crippen molar-refractivity contribution < 1.29 is 49.0 Å². The fourth-order valence-electron chi connectivity index (χ4n) is 9.04. The molecule has 0 aromatic heterocycles. The zero-order valence-corrected chi connectivity index (χ0v) is 31.7. The van der Waals surface area contributed by atoms with E-state index in [-0.39, 0.29) is 30.2 Å². The maximum Gasteiger partial charge on any atom is -0.0253 e. The van der Waals surface area contributed by atoms with E-state index < -0.39 is 0 Å². The van der Waals surface area contributed by atoms with Crippen molar-refractivity contribution in [1.82, 2.24) is 0 Å². The Bertz CT molecular complexity index is 1490. The van der Waals surface area contributed by atoms with Crippen molar-refractivity contribution in [2.45, 2.75) is 91.4 Å². The third kappa shape index (κ3) is 8.44. The van der Waals surface area contributed by atoms with Crippen LogP contribution in [0, 0.1) is 43.1 Å². The smallest absolute Gasteiger partial charge is 0.0253 e. The Morgan fingerprint density at radius 2 is 1.44 bits per heavy atom. The number of aryl methyl sites for hydroxylation is 2. The SMILES string of the molecule is CC(C)(C)c1ccc([CH]=[Zr+2])cc1.Cc1cc(CC23CC4CC(CC(C4)C2)C3)c(C)[cH-]1.[Cl-].[Cl-].[c-]1cccc2c1Cc1ccccc1-2. The molecular formula is C42H48Cl2Zr-2. The van der Waals surface area contributed by atoms with Crippen molar-refractivity contribution in [3.63, 3.8) is 0 Å². The molecule has 3 heteroatoms. The van der Waals surface area contributed by atoms with Crippen molar-refractivity contribution in [1.29, 1.82) is 0 Å². The average molecular weight is 715 g/mol. The molecule has 0 N–H and O–H groups in total. The molecule has 45 heavy (non-hydrogen) atoms. The Hall–Kier alpha value is -1.66. The number of halogens is 2. The minimum absolute atomic E-state index is 0. The van der Waals surface area contributed by atoms with Gasteiger partial charge in [0.05, 0.1) is 0 Å². The zero-order chi connectivity index (χ0) is 30.2. The Morgan fingerprint density at radius 3 is 2.00 bits per heavy atom. The monoisotopic (exact) mass is 712 g/mol. The molecule has 4 fully saturated rings. The van der Waals surface area contributed by atoms with Gasteiger partial charge in [-0.15, -0.1) is 5.56 Å². The van der Waals surface area contributed by atoms with Crippen LogP contribution in [-0.2, 0) is 42.5 Å².